The molecule has 2 amide bonds. The Labute approximate surface area is 214 Å². The van der Waals surface area contributed by atoms with E-state index in [2.05, 4.69) is 5.32 Å². The molecular formula is C27H37N3O5S. The number of nitrogens with zero attached hydrogens (tertiary/aromatic N) is 2. The number of sulfonamides is 1. The molecule has 196 valence electrons. The molecule has 9 heteroatoms. The molecule has 1 atom stereocenters. The number of hydrogen-bond donors (Lipinski definition) is 1. The van der Waals surface area contributed by atoms with Gasteiger partial charge in [-0.3, -0.25) is 13.9 Å². The third-order valence-electron chi connectivity index (χ3n) is 6.66. The summed E-state index contributed by atoms with van der Waals surface area (Å²) in [5.41, 5.74) is 2.97. The molecule has 0 aliphatic heterocycles. The van der Waals surface area contributed by atoms with E-state index in [1.54, 1.807) is 32.2 Å². The molecule has 0 aromatic heterocycles. The first-order valence-corrected chi connectivity index (χ1v) is 14.1. The molecule has 36 heavy (non-hydrogen) atoms. The van der Waals surface area contributed by atoms with Crippen molar-refractivity contribution >= 4 is 27.5 Å². The molecule has 0 radical (unpaired) electrons. The van der Waals surface area contributed by atoms with Gasteiger partial charge in [0, 0.05) is 12.6 Å². The van der Waals surface area contributed by atoms with Crippen molar-refractivity contribution in [3.8, 4) is 5.75 Å². The van der Waals surface area contributed by atoms with Crippen molar-refractivity contribution in [3.63, 3.8) is 0 Å². The maximum Gasteiger partial charge on any atom is 0.244 e. The summed E-state index contributed by atoms with van der Waals surface area (Å²) in [6.45, 7) is 5.15. The number of carbonyl (C=O) groups excluding carboxylic acids is 2. The maximum absolute atomic E-state index is 13.7. The minimum absolute atomic E-state index is 0.108. The second kappa shape index (κ2) is 11.8. The van der Waals surface area contributed by atoms with Gasteiger partial charge >= 0.3 is 0 Å². The highest BCUT2D eigenvalue weighted by atomic mass is 32.2. The number of anilines is 1. The highest BCUT2D eigenvalue weighted by Gasteiger charge is 2.31. The Morgan fingerprint density at radius 2 is 1.81 bits per heavy atom. The topological polar surface area (TPSA) is 96.0 Å². The van der Waals surface area contributed by atoms with Crippen LogP contribution in [0.4, 0.5) is 5.69 Å². The molecule has 0 unspecified atom stereocenters. The first-order chi connectivity index (χ1) is 17.0. The largest absolute Gasteiger partial charge is 0.497 e. The van der Waals surface area contributed by atoms with Crippen LogP contribution in [0.15, 0.2) is 42.5 Å². The van der Waals surface area contributed by atoms with E-state index in [-0.39, 0.29) is 18.5 Å². The Balaban J connectivity index is 1.91. The lowest BCUT2D eigenvalue weighted by Crippen LogP contribution is -2.52. The number of hydrogen-bond acceptors (Lipinski definition) is 5. The molecule has 1 saturated carbocycles. The predicted molar refractivity (Wildman–Crippen MR) is 142 cm³/mol. The quantitative estimate of drug-likeness (QED) is 0.522. The van der Waals surface area contributed by atoms with Crippen molar-refractivity contribution in [1.82, 2.24) is 10.2 Å². The smallest absolute Gasteiger partial charge is 0.244 e. The van der Waals surface area contributed by atoms with Gasteiger partial charge in [0.1, 0.15) is 18.3 Å². The monoisotopic (exact) mass is 515 g/mol. The Morgan fingerprint density at radius 3 is 2.42 bits per heavy atom. The number of aryl methyl sites for hydroxylation is 2. The number of nitrogens with one attached hydrogen (secondary N) is 1. The van der Waals surface area contributed by atoms with Gasteiger partial charge in [-0.1, -0.05) is 42.7 Å². The Hall–Kier alpha value is -3.07. The Bertz CT molecular complexity index is 1190. The third kappa shape index (κ3) is 7.00. The lowest BCUT2D eigenvalue weighted by molar-refractivity contribution is -0.139. The average molecular weight is 516 g/mol. The first kappa shape index (κ1) is 27.5. The summed E-state index contributed by atoms with van der Waals surface area (Å²) >= 11 is 0. The van der Waals surface area contributed by atoms with Crippen LogP contribution in [-0.4, -0.2) is 57.1 Å². The van der Waals surface area contributed by atoms with Gasteiger partial charge in [0.05, 0.1) is 19.1 Å². The standard InChI is InChI=1S/C27H37N3O5S/c1-19-13-14-25(20(2)15-19)30(36(5,33)34)18-26(31)29(17-22-9-8-12-24(16-22)35-4)21(3)27(32)28-23-10-6-7-11-23/h8-9,12-16,21,23H,6-7,10-11,17-18H2,1-5H3,(H,28,32)/t21-/m0/s1. The normalized spacial score (nSPS) is 14.8. The molecule has 2 aromatic rings. The third-order valence-corrected chi connectivity index (χ3v) is 7.78. The SMILES string of the molecule is COc1cccc(CN(C(=O)CN(c2ccc(C)cc2C)S(C)(=O)=O)[C@@H](C)C(=O)NC2CCCC2)c1. The lowest BCUT2D eigenvalue weighted by atomic mass is 10.1. The van der Waals surface area contributed by atoms with Crippen LogP contribution in [0.2, 0.25) is 0 Å². The summed E-state index contributed by atoms with van der Waals surface area (Å²) in [5, 5.41) is 3.06. The van der Waals surface area contributed by atoms with Crippen LogP contribution in [-0.2, 0) is 26.2 Å². The van der Waals surface area contributed by atoms with E-state index in [0.29, 0.717) is 11.4 Å². The predicted octanol–water partition coefficient (Wildman–Crippen LogP) is 3.55. The number of ether oxygens (including phenoxy) is 1. The zero-order chi connectivity index (χ0) is 26.5. The van der Waals surface area contributed by atoms with Gasteiger partial charge in [-0.25, -0.2) is 8.42 Å². The summed E-state index contributed by atoms with van der Waals surface area (Å²) in [6, 6.07) is 12.0. The number of rotatable bonds is 10. The van der Waals surface area contributed by atoms with Gasteiger partial charge in [0.2, 0.25) is 21.8 Å². The molecule has 8 nitrogen and oxygen atoms in total. The molecule has 1 fully saturated rings. The first-order valence-electron chi connectivity index (χ1n) is 12.3. The van der Waals surface area contributed by atoms with Crippen LogP contribution in [0, 0.1) is 13.8 Å². The van der Waals surface area contributed by atoms with Crippen molar-refractivity contribution in [3.05, 3.63) is 59.2 Å². The van der Waals surface area contributed by atoms with E-state index in [0.717, 1.165) is 52.9 Å². The van der Waals surface area contributed by atoms with E-state index in [1.807, 2.05) is 38.1 Å². The molecule has 1 aliphatic rings. The zero-order valence-electron chi connectivity index (χ0n) is 21.8. The van der Waals surface area contributed by atoms with Crippen molar-refractivity contribution in [2.24, 2.45) is 0 Å². The summed E-state index contributed by atoms with van der Waals surface area (Å²) in [7, 11) is -2.20. The van der Waals surface area contributed by atoms with Crippen LogP contribution in [0.25, 0.3) is 0 Å². The Morgan fingerprint density at radius 1 is 1.11 bits per heavy atom. The molecule has 0 heterocycles. The van der Waals surface area contributed by atoms with Crippen LogP contribution in [0.1, 0.15) is 49.3 Å². The van der Waals surface area contributed by atoms with E-state index in [9.17, 15) is 18.0 Å². The summed E-state index contributed by atoms with van der Waals surface area (Å²) in [5.74, 6) is -0.0659. The van der Waals surface area contributed by atoms with Gasteiger partial charge < -0.3 is 15.0 Å². The average Bonchev–Trinajstić information content (AvgIpc) is 3.33. The summed E-state index contributed by atoms with van der Waals surface area (Å²) in [4.78, 5) is 28.3. The molecule has 0 spiro atoms. The van der Waals surface area contributed by atoms with E-state index >= 15 is 0 Å². The van der Waals surface area contributed by atoms with Crippen molar-refractivity contribution in [2.75, 3.05) is 24.2 Å². The van der Waals surface area contributed by atoms with E-state index in [1.165, 1.54) is 4.90 Å². The van der Waals surface area contributed by atoms with Gasteiger partial charge in [0.25, 0.3) is 0 Å². The highest BCUT2D eigenvalue weighted by Crippen LogP contribution is 2.25. The number of amides is 2. The minimum atomic E-state index is -3.76. The second-order valence-corrected chi connectivity index (χ2v) is 11.5. The molecule has 0 bridgehead atoms. The van der Waals surface area contributed by atoms with E-state index in [4.69, 9.17) is 4.74 Å². The van der Waals surface area contributed by atoms with Crippen LogP contribution in [0.5, 0.6) is 5.75 Å². The molecule has 3 rings (SSSR count). The lowest BCUT2D eigenvalue weighted by Gasteiger charge is -2.32. The van der Waals surface area contributed by atoms with Crippen molar-refractivity contribution < 1.29 is 22.7 Å². The fraction of sp³-hybridized carbons (Fsp3) is 0.481. The van der Waals surface area contributed by atoms with Gasteiger partial charge in [0.15, 0.2) is 0 Å². The van der Waals surface area contributed by atoms with Gasteiger partial charge in [-0.15, -0.1) is 0 Å². The molecule has 1 N–H and O–H groups in total. The molecular weight excluding hydrogens is 478 g/mol. The number of carbonyl (C=O) groups is 2. The van der Waals surface area contributed by atoms with Crippen LogP contribution < -0.4 is 14.4 Å². The minimum Gasteiger partial charge on any atom is -0.497 e. The maximum atomic E-state index is 13.7. The summed E-state index contributed by atoms with van der Waals surface area (Å²) in [6.07, 6.45) is 5.09. The Kier molecular flexibility index (Phi) is 9.00. The fourth-order valence-electron chi connectivity index (χ4n) is 4.62. The van der Waals surface area contributed by atoms with Crippen molar-refractivity contribution in [1.29, 1.82) is 0 Å². The second-order valence-electron chi connectivity index (χ2n) is 9.60. The van der Waals surface area contributed by atoms with E-state index < -0.39 is 28.5 Å². The van der Waals surface area contributed by atoms with Crippen molar-refractivity contribution in [2.45, 2.75) is 65.1 Å². The molecule has 1 aliphatic carbocycles. The van der Waals surface area contributed by atoms with Gasteiger partial charge in [-0.2, -0.15) is 0 Å². The van der Waals surface area contributed by atoms with Crippen LogP contribution >= 0.6 is 0 Å². The number of benzene rings is 2. The summed E-state index contributed by atoms with van der Waals surface area (Å²) < 4.78 is 32.0. The number of methoxy groups -OCH3 is 1. The highest BCUT2D eigenvalue weighted by molar-refractivity contribution is 7.92. The molecule has 2 aromatic carbocycles. The fourth-order valence-corrected chi connectivity index (χ4v) is 5.53. The van der Waals surface area contributed by atoms with Crippen LogP contribution in [0.3, 0.4) is 0 Å². The van der Waals surface area contributed by atoms with Gasteiger partial charge in [-0.05, 0) is 62.9 Å². The zero-order valence-corrected chi connectivity index (χ0v) is 22.6. The molecule has 0 saturated heterocycles.